The number of carbonyl (C=O) groups is 1. The molecule has 8 nitrogen and oxygen atoms in total. The molecule has 1 aliphatic heterocycles. The van der Waals surface area contributed by atoms with Gasteiger partial charge in [0.2, 0.25) is 0 Å². The molecule has 4 rings (SSSR count). The highest BCUT2D eigenvalue weighted by atomic mass is 16.5. The van der Waals surface area contributed by atoms with Gasteiger partial charge >= 0.3 is 0 Å². The molecule has 3 aromatic rings. The summed E-state index contributed by atoms with van der Waals surface area (Å²) in [6.45, 7) is 1.07. The van der Waals surface area contributed by atoms with E-state index in [2.05, 4.69) is 20.2 Å². The zero-order chi connectivity index (χ0) is 17.2. The van der Waals surface area contributed by atoms with Crippen LogP contribution in [-0.4, -0.2) is 49.0 Å². The number of pyridine rings is 1. The van der Waals surface area contributed by atoms with E-state index in [1.54, 1.807) is 13.3 Å². The van der Waals surface area contributed by atoms with Crippen molar-refractivity contribution in [3.8, 4) is 0 Å². The maximum Gasteiger partial charge on any atom is 0.271 e. The molecule has 25 heavy (non-hydrogen) atoms. The fraction of sp³-hybridized carbons (Fsp3) is 0.412. The van der Waals surface area contributed by atoms with Gasteiger partial charge in [0.25, 0.3) is 5.91 Å². The summed E-state index contributed by atoms with van der Waals surface area (Å²) in [5.74, 6) is 1.30. The predicted molar refractivity (Wildman–Crippen MR) is 89.9 cm³/mol. The van der Waals surface area contributed by atoms with Crippen LogP contribution in [-0.2, 0) is 11.3 Å². The Morgan fingerprint density at radius 2 is 2.32 bits per heavy atom. The highest BCUT2D eigenvalue weighted by Crippen LogP contribution is 2.30. The summed E-state index contributed by atoms with van der Waals surface area (Å²) in [4.78, 5) is 23.8. The molecular formula is C17H20N6O2. The van der Waals surface area contributed by atoms with Gasteiger partial charge in [-0.2, -0.15) is 5.10 Å². The van der Waals surface area contributed by atoms with Crippen molar-refractivity contribution < 1.29 is 9.53 Å². The van der Waals surface area contributed by atoms with Crippen LogP contribution in [0.4, 0.5) is 0 Å². The Morgan fingerprint density at radius 1 is 1.40 bits per heavy atom. The lowest BCUT2D eigenvalue weighted by Crippen LogP contribution is -2.39. The van der Waals surface area contributed by atoms with Gasteiger partial charge < -0.3 is 9.64 Å². The molecule has 1 atom stereocenters. The highest BCUT2D eigenvalue weighted by molar-refractivity contribution is 5.93. The Morgan fingerprint density at radius 3 is 3.20 bits per heavy atom. The van der Waals surface area contributed by atoms with E-state index in [1.165, 1.54) is 0 Å². The van der Waals surface area contributed by atoms with Crippen molar-refractivity contribution in [2.45, 2.75) is 31.9 Å². The topological polar surface area (TPSA) is 88.4 Å². The van der Waals surface area contributed by atoms with E-state index in [-0.39, 0.29) is 11.9 Å². The van der Waals surface area contributed by atoms with Crippen LogP contribution in [0.1, 0.15) is 47.4 Å². The number of hydrogen-bond donors (Lipinski definition) is 1. The van der Waals surface area contributed by atoms with Crippen LogP contribution in [0.15, 0.2) is 30.6 Å². The fourth-order valence-corrected chi connectivity index (χ4v) is 3.37. The number of piperidine rings is 1. The third-order valence-corrected chi connectivity index (χ3v) is 4.54. The maximum atomic E-state index is 13.2. The van der Waals surface area contributed by atoms with Gasteiger partial charge in [-0.3, -0.25) is 14.3 Å². The average Bonchev–Trinajstić information content (AvgIpc) is 3.30. The summed E-state index contributed by atoms with van der Waals surface area (Å²) in [6.07, 6.45) is 6.41. The van der Waals surface area contributed by atoms with Crippen LogP contribution in [0.3, 0.4) is 0 Å². The lowest BCUT2D eigenvalue weighted by atomic mass is 10.0. The van der Waals surface area contributed by atoms with Gasteiger partial charge in [-0.15, -0.1) is 0 Å². The van der Waals surface area contributed by atoms with Crippen molar-refractivity contribution >= 4 is 11.6 Å². The molecule has 0 radical (unpaired) electrons. The minimum atomic E-state index is -0.123. The summed E-state index contributed by atoms with van der Waals surface area (Å²) in [5.41, 5.74) is 1.37. The highest BCUT2D eigenvalue weighted by Gasteiger charge is 2.32. The Bertz CT molecular complexity index is 886. The second-order valence-electron chi connectivity index (χ2n) is 6.15. The van der Waals surface area contributed by atoms with E-state index in [0.29, 0.717) is 30.5 Å². The van der Waals surface area contributed by atoms with E-state index in [1.807, 2.05) is 33.7 Å². The first-order valence-electron chi connectivity index (χ1n) is 8.41. The number of nitrogens with one attached hydrogen (secondary N) is 1. The third kappa shape index (κ3) is 2.89. The molecule has 0 spiro atoms. The van der Waals surface area contributed by atoms with Crippen LogP contribution >= 0.6 is 0 Å². The zero-order valence-electron chi connectivity index (χ0n) is 14.1. The van der Waals surface area contributed by atoms with Crippen LogP contribution in [0.2, 0.25) is 0 Å². The summed E-state index contributed by atoms with van der Waals surface area (Å²) in [7, 11) is 1.62. The number of H-pyrrole nitrogens is 1. The lowest BCUT2D eigenvalue weighted by molar-refractivity contribution is 0.0592. The van der Waals surface area contributed by atoms with E-state index in [0.717, 1.165) is 24.9 Å². The molecule has 0 aromatic carbocycles. The first-order valence-corrected chi connectivity index (χ1v) is 8.41. The number of fused-ring (bicyclic) bond motifs is 1. The number of rotatable bonds is 4. The molecular weight excluding hydrogens is 320 g/mol. The number of methoxy groups -OCH3 is 1. The molecule has 0 bridgehead atoms. The minimum Gasteiger partial charge on any atom is -0.377 e. The molecule has 0 aliphatic carbocycles. The largest absolute Gasteiger partial charge is 0.377 e. The normalized spacial score (nSPS) is 18.0. The molecule has 130 valence electrons. The summed E-state index contributed by atoms with van der Waals surface area (Å²) >= 11 is 0. The van der Waals surface area contributed by atoms with Gasteiger partial charge in [0.05, 0.1) is 6.04 Å². The summed E-state index contributed by atoms with van der Waals surface area (Å²) in [5, 5.41) is 7.20. The summed E-state index contributed by atoms with van der Waals surface area (Å²) < 4.78 is 6.91. The Hall–Kier alpha value is -2.74. The van der Waals surface area contributed by atoms with Crippen molar-refractivity contribution in [2.75, 3.05) is 13.7 Å². The Balaban J connectivity index is 1.66. The van der Waals surface area contributed by atoms with Crippen LogP contribution in [0.25, 0.3) is 5.65 Å². The van der Waals surface area contributed by atoms with Crippen molar-refractivity contribution in [1.29, 1.82) is 0 Å². The second kappa shape index (κ2) is 6.64. The maximum absolute atomic E-state index is 13.2. The Kier molecular flexibility index (Phi) is 4.19. The molecule has 1 saturated heterocycles. The van der Waals surface area contributed by atoms with Gasteiger partial charge in [0.15, 0.2) is 11.6 Å². The van der Waals surface area contributed by atoms with Crippen LogP contribution < -0.4 is 0 Å². The Labute approximate surface area is 144 Å². The van der Waals surface area contributed by atoms with Crippen molar-refractivity contribution in [3.05, 3.63) is 47.9 Å². The molecule has 3 aromatic heterocycles. The zero-order valence-corrected chi connectivity index (χ0v) is 14.1. The number of hydrogen-bond acceptors (Lipinski definition) is 5. The fourth-order valence-electron chi connectivity index (χ4n) is 3.37. The van der Waals surface area contributed by atoms with E-state index < -0.39 is 0 Å². The van der Waals surface area contributed by atoms with E-state index in [4.69, 9.17) is 4.74 Å². The van der Waals surface area contributed by atoms with Gasteiger partial charge in [-0.1, -0.05) is 6.07 Å². The molecule has 1 unspecified atom stereocenters. The molecule has 1 amide bonds. The number of aromatic amines is 1. The summed E-state index contributed by atoms with van der Waals surface area (Å²) in [6, 6.07) is 5.45. The first-order chi connectivity index (χ1) is 12.3. The number of aromatic nitrogens is 5. The standard InChI is InChI=1S/C17H20N6O2/c1-25-11-14-19-16(21-20-14)12-5-2-3-9-23(12)17(24)13-6-4-7-15-18-8-10-22(13)15/h4,6-8,10,12H,2-3,5,9,11H2,1H3,(H,19,20,21). The first kappa shape index (κ1) is 15.8. The van der Waals surface area contributed by atoms with Crippen molar-refractivity contribution in [2.24, 2.45) is 0 Å². The number of likely N-dealkylation sites (tertiary alicyclic amines) is 1. The van der Waals surface area contributed by atoms with Crippen LogP contribution in [0, 0.1) is 0 Å². The molecule has 0 saturated carbocycles. The molecule has 1 fully saturated rings. The molecule has 8 heteroatoms. The quantitative estimate of drug-likeness (QED) is 0.784. The molecule has 4 heterocycles. The average molecular weight is 340 g/mol. The van der Waals surface area contributed by atoms with Crippen molar-refractivity contribution in [1.82, 2.24) is 29.5 Å². The van der Waals surface area contributed by atoms with E-state index >= 15 is 0 Å². The minimum absolute atomic E-state index is 0.0219. The van der Waals surface area contributed by atoms with Gasteiger partial charge in [-0.05, 0) is 31.4 Å². The van der Waals surface area contributed by atoms with Crippen molar-refractivity contribution in [3.63, 3.8) is 0 Å². The third-order valence-electron chi connectivity index (χ3n) is 4.54. The van der Waals surface area contributed by atoms with Gasteiger partial charge in [0.1, 0.15) is 17.9 Å². The van der Waals surface area contributed by atoms with Gasteiger partial charge in [-0.25, -0.2) is 9.97 Å². The number of nitrogens with zero attached hydrogens (tertiary/aromatic N) is 5. The second-order valence-corrected chi connectivity index (χ2v) is 6.15. The lowest BCUT2D eigenvalue weighted by Gasteiger charge is -2.34. The predicted octanol–water partition coefficient (Wildman–Crippen LogP) is 1.97. The van der Waals surface area contributed by atoms with E-state index in [9.17, 15) is 4.79 Å². The monoisotopic (exact) mass is 340 g/mol. The number of carbonyl (C=O) groups excluding carboxylic acids is 1. The van der Waals surface area contributed by atoms with Crippen LogP contribution in [0.5, 0.6) is 0 Å². The molecule has 1 N–H and O–H groups in total. The number of ether oxygens (including phenoxy) is 1. The van der Waals surface area contributed by atoms with Gasteiger partial charge in [0, 0.05) is 26.0 Å². The smallest absolute Gasteiger partial charge is 0.271 e. The number of imidazole rings is 1. The molecule has 1 aliphatic rings. The SMILES string of the molecule is COCc1nc(C2CCCCN2C(=O)c2cccc3nccn23)n[nH]1. The number of amides is 1.